The van der Waals surface area contributed by atoms with E-state index in [0.29, 0.717) is 17.8 Å². The van der Waals surface area contributed by atoms with Crippen LogP contribution in [0.5, 0.6) is 0 Å². The highest BCUT2D eigenvalue weighted by molar-refractivity contribution is 6.04. The van der Waals surface area contributed by atoms with Gasteiger partial charge in [-0.2, -0.15) is 0 Å². The van der Waals surface area contributed by atoms with Crippen LogP contribution >= 0.6 is 0 Å². The highest BCUT2D eigenvalue weighted by Gasteiger charge is 2.20. The second-order valence-corrected chi connectivity index (χ2v) is 4.73. The Morgan fingerprint density at radius 1 is 1.32 bits per heavy atom. The van der Waals surface area contributed by atoms with Gasteiger partial charge in [-0.15, -0.1) is 0 Å². The van der Waals surface area contributed by atoms with Gasteiger partial charge in [0.05, 0.1) is 6.07 Å². The van der Waals surface area contributed by atoms with Crippen LogP contribution in [0.15, 0.2) is 34.7 Å². The molecule has 0 atom stereocenters. The first-order chi connectivity index (χ1) is 10.5. The van der Waals surface area contributed by atoms with Crippen LogP contribution in [0.1, 0.15) is 26.5 Å². The second-order valence-electron chi connectivity index (χ2n) is 4.73. The van der Waals surface area contributed by atoms with Crippen molar-refractivity contribution in [2.75, 3.05) is 11.9 Å². The van der Waals surface area contributed by atoms with E-state index >= 15 is 0 Å². The van der Waals surface area contributed by atoms with Crippen LogP contribution in [0.4, 0.5) is 11.6 Å². The first kappa shape index (κ1) is 13.8. The summed E-state index contributed by atoms with van der Waals surface area (Å²) in [7, 11) is 0. The van der Waals surface area contributed by atoms with Crippen LogP contribution in [0.25, 0.3) is 0 Å². The maximum atomic E-state index is 12.0. The van der Waals surface area contributed by atoms with Crippen molar-refractivity contribution in [3.63, 3.8) is 0 Å². The lowest BCUT2D eigenvalue weighted by atomic mass is 10.00. The Kier molecular flexibility index (Phi) is 3.34. The third-order valence-electron chi connectivity index (χ3n) is 3.29. The molecule has 0 spiro atoms. The second kappa shape index (κ2) is 5.32. The van der Waals surface area contributed by atoms with Gasteiger partial charge in [-0.25, -0.2) is 0 Å². The SMILES string of the molecule is O=C(Nc1ccc2c(c1)C(=O)NCC2)c1ccc([N+](=O)[O-])o1. The Labute approximate surface area is 124 Å². The molecule has 0 unspecified atom stereocenters. The Morgan fingerprint density at radius 2 is 2.14 bits per heavy atom. The van der Waals surface area contributed by atoms with Crippen molar-refractivity contribution in [2.45, 2.75) is 6.42 Å². The quantitative estimate of drug-likeness (QED) is 0.661. The lowest BCUT2D eigenvalue weighted by Gasteiger charge is -2.17. The van der Waals surface area contributed by atoms with E-state index in [4.69, 9.17) is 4.42 Å². The van der Waals surface area contributed by atoms with Crippen LogP contribution in [0.2, 0.25) is 0 Å². The van der Waals surface area contributed by atoms with Crippen LogP contribution in [-0.2, 0) is 6.42 Å². The number of benzene rings is 1. The maximum absolute atomic E-state index is 12.0. The number of nitrogens with one attached hydrogen (secondary N) is 2. The Hall–Kier alpha value is -3.16. The van der Waals surface area contributed by atoms with E-state index in [0.717, 1.165) is 18.1 Å². The number of hydrogen-bond donors (Lipinski definition) is 2. The zero-order valence-electron chi connectivity index (χ0n) is 11.3. The van der Waals surface area contributed by atoms with E-state index in [1.54, 1.807) is 18.2 Å². The number of anilines is 1. The summed E-state index contributed by atoms with van der Waals surface area (Å²) in [5.41, 5.74) is 1.84. The molecule has 1 aromatic heterocycles. The molecule has 8 heteroatoms. The van der Waals surface area contributed by atoms with Gasteiger partial charge in [0.1, 0.15) is 4.92 Å². The van der Waals surface area contributed by atoms with Gasteiger partial charge >= 0.3 is 5.88 Å². The van der Waals surface area contributed by atoms with Gasteiger partial charge in [0.2, 0.25) is 0 Å². The molecule has 1 aliphatic rings. The Bertz CT molecular complexity index is 781. The molecule has 0 aliphatic carbocycles. The van der Waals surface area contributed by atoms with Gasteiger partial charge in [0, 0.05) is 17.8 Å². The molecule has 0 radical (unpaired) electrons. The lowest BCUT2D eigenvalue weighted by molar-refractivity contribution is -0.402. The van der Waals surface area contributed by atoms with E-state index in [1.807, 2.05) is 0 Å². The van der Waals surface area contributed by atoms with Gasteiger partial charge in [-0.3, -0.25) is 19.7 Å². The fourth-order valence-corrected chi connectivity index (χ4v) is 2.23. The lowest BCUT2D eigenvalue weighted by Crippen LogP contribution is -2.31. The number of carbonyl (C=O) groups is 2. The molecule has 2 aromatic rings. The molecule has 0 saturated heterocycles. The number of rotatable bonds is 3. The largest absolute Gasteiger partial charge is 0.433 e. The minimum Gasteiger partial charge on any atom is -0.395 e. The highest BCUT2D eigenvalue weighted by Crippen LogP contribution is 2.21. The third kappa shape index (κ3) is 2.53. The van der Waals surface area contributed by atoms with Crippen LogP contribution in [-0.4, -0.2) is 23.3 Å². The molecule has 2 N–H and O–H groups in total. The van der Waals surface area contributed by atoms with Gasteiger partial charge in [0.25, 0.3) is 11.8 Å². The summed E-state index contributed by atoms with van der Waals surface area (Å²) in [6.07, 6.45) is 0.736. The fourth-order valence-electron chi connectivity index (χ4n) is 2.23. The van der Waals surface area contributed by atoms with E-state index in [1.165, 1.54) is 6.07 Å². The van der Waals surface area contributed by atoms with Crippen molar-refractivity contribution in [3.8, 4) is 0 Å². The Morgan fingerprint density at radius 3 is 2.86 bits per heavy atom. The highest BCUT2D eigenvalue weighted by atomic mass is 16.6. The average Bonchev–Trinajstić information content (AvgIpc) is 2.98. The molecule has 22 heavy (non-hydrogen) atoms. The van der Waals surface area contributed by atoms with Gasteiger partial charge in [0.15, 0.2) is 5.76 Å². The molecule has 112 valence electrons. The Balaban J connectivity index is 1.80. The number of hydrogen-bond acceptors (Lipinski definition) is 5. The number of carbonyl (C=O) groups excluding carboxylic acids is 2. The standard InChI is InChI=1S/C14H11N3O5/c18-13-10-7-9(2-1-8(10)5-6-15-13)16-14(19)11-3-4-12(22-11)17(20)21/h1-4,7H,5-6H2,(H,15,18)(H,16,19). The van der Waals surface area contributed by atoms with Crippen molar-refractivity contribution >= 4 is 23.4 Å². The van der Waals surface area contributed by atoms with E-state index < -0.39 is 16.7 Å². The summed E-state index contributed by atoms with van der Waals surface area (Å²) in [5.74, 6) is -1.49. The van der Waals surface area contributed by atoms with Crippen molar-refractivity contribution in [1.82, 2.24) is 5.32 Å². The van der Waals surface area contributed by atoms with Crippen LogP contribution < -0.4 is 10.6 Å². The molecule has 8 nitrogen and oxygen atoms in total. The molecule has 2 heterocycles. The van der Waals surface area contributed by atoms with Gasteiger partial charge < -0.3 is 15.1 Å². The molecule has 2 amide bonds. The zero-order chi connectivity index (χ0) is 15.7. The van der Waals surface area contributed by atoms with Crippen molar-refractivity contribution < 1.29 is 18.9 Å². The molecule has 1 aromatic carbocycles. The molecule has 3 rings (SSSR count). The number of nitrogens with zero attached hydrogens (tertiary/aromatic N) is 1. The van der Waals surface area contributed by atoms with Crippen molar-refractivity contribution in [1.29, 1.82) is 0 Å². The summed E-state index contributed by atoms with van der Waals surface area (Å²) in [6.45, 7) is 0.591. The predicted molar refractivity (Wildman–Crippen MR) is 75.8 cm³/mol. The monoisotopic (exact) mass is 301 g/mol. The van der Waals surface area contributed by atoms with Gasteiger partial charge in [-0.05, 0) is 30.2 Å². The van der Waals surface area contributed by atoms with Crippen molar-refractivity contribution in [2.24, 2.45) is 0 Å². The summed E-state index contributed by atoms with van der Waals surface area (Å²) >= 11 is 0. The minimum absolute atomic E-state index is 0.172. The molecule has 0 saturated carbocycles. The fraction of sp³-hybridized carbons (Fsp3) is 0.143. The molecular formula is C14H11N3O5. The summed E-state index contributed by atoms with van der Waals surface area (Å²) in [5, 5.41) is 15.8. The summed E-state index contributed by atoms with van der Waals surface area (Å²) in [4.78, 5) is 33.5. The number of furan rings is 1. The third-order valence-corrected chi connectivity index (χ3v) is 3.29. The van der Waals surface area contributed by atoms with E-state index in [-0.39, 0.29) is 11.7 Å². The predicted octanol–water partition coefficient (Wildman–Crippen LogP) is 1.73. The summed E-state index contributed by atoms with van der Waals surface area (Å²) in [6, 6.07) is 7.34. The smallest absolute Gasteiger partial charge is 0.395 e. The van der Waals surface area contributed by atoms with Crippen molar-refractivity contribution in [3.05, 3.63) is 57.3 Å². The number of nitro groups is 1. The normalized spacial score (nSPS) is 13.2. The average molecular weight is 301 g/mol. The minimum atomic E-state index is -0.722. The molecular weight excluding hydrogens is 290 g/mol. The summed E-state index contributed by atoms with van der Waals surface area (Å²) < 4.78 is 4.82. The molecule has 1 aliphatic heterocycles. The first-order valence-corrected chi connectivity index (χ1v) is 6.51. The van der Waals surface area contributed by atoms with Crippen LogP contribution in [0, 0.1) is 10.1 Å². The number of fused-ring (bicyclic) bond motifs is 1. The number of amides is 2. The van der Waals surface area contributed by atoms with E-state index in [9.17, 15) is 19.7 Å². The maximum Gasteiger partial charge on any atom is 0.433 e. The van der Waals surface area contributed by atoms with E-state index in [2.05, 4.69) is 10.6 Å². The molecule has 0 fully saturated rings. The first-order valence-electron chi connectivity index (χ1n) is 6.51. The zero-order valence-corrected chi connectivity index (χ0v) is 11.3. The topological polar surface area (TPSA) is 114 Å². The van der Waals surface area contributed by atoms with Crippen LogP contribution in [0.3, 0.4) is 0 Å². The molecule has 0 bridgehead atoms. The van der Waals surface area contributed by atoms with Gasteiger partial charge in [-0.1, -0.05) is 6.07 Å².